The van der Waals surface area contributed by atoms with E-state index in [9.17, 15) is 13.2 Å². The van der Waals surface area contributed by atoms with Crippen molar-refractivity contribution in [3.05, 3.63) is 16.6 Å². The van der Waals surface area contributed by atoms with Crippen molar-refractivity contribution in [3.63, 3.8) is 0 Å². The molecular weight excluding hydrogens is 312 g/mol. The summed E-state index contributed by atoms with van der Waals surface area (Å²) in [6, 6.07) is 3.10. The molecule has 1 amide bonds. The number of benzene rings is 1. The van der Waals surface area contributed by atoms with Gasteiger partial charge in [0.1, 0.15) is 5.75 Å². The van der Waals surface area contributed by atoms with E-state index in [-0.39, 0.29) is 12.5 Å². The van der Waals surface area contributed by atoms with Gasteiger partial charge in [0.2, 0.25) is 10.0 Å². The second kappa shape index (κ2) is 4.19. The van der Waals surface area contributed by atoms with Crippen LogP contribution in [0.25, 0.3) is 0 Å². The summed E-state index contributed by atoms with van der Waals surface area (Å²) in [7, 11) is -3.36. The van der Waals surface area contributed by atoms with Gasteiger partial charge in [-0.05, 0) is 22.0 Å². The lowest BCUT2D eigenvalue weighted by atomic mass is 10.2. The van der Waals surface area contributed by atoms with E-state index in [1.165, 1.54) is 6.07 Å². The minimum atomic E-state index is -3.36. The summed E-state index contributed by atoms with van der Waals surface area (Å²) in [6.45, 7) is -0.0764. The molecule has 92 valence electrons. The molecule has 0 spiro atoms. The van der Waals surface area contributed by atoms with E-state index < -0.39 is 10.0 Å². The Morgan fingerprint density at radius 2 is 2.18 bits per heavy atom. The van der Waals surface area contributed by atoms with Crippen molar-refractivity contribution in [1.82, 2.24) is 0 Å². The Labute approximate surface area is 107 Å². The average Bonchev–Trinajstić information content (AvgIpc) is 2.17. The van der Waals surface area contributed by atoms with Crippen LogP contribution in [0.3, 0.4) is 0 Å². The van der Waals surface area contributed by atoms with E-state index in [1.807, 2.05) is 0 Å². The van der Waals surface area contributed by atoms with Crippen LogP contribution in [0.5, 0.6) is 5.75 Å². The molecule has 0 unspecified atom stereocenters. The lowest BCUT2D eigenvalue weighted by Gasteiger charge is -2.19. The zero-order valence-electron chi connectivity index (χ0n) is 8.78. The van der Waals surface area contributed by atoms with Crippen LogP contribution in [0.2, 0.25) is 0 Å². The SMILES string of the molecule is CS(=O)(=O)Nc1cc2c(cc1Br)NC(=O)CO2. The molecule has 6 nitrogen and oxygen atoms in total. The summed E-state index contributed by atoms with van der Waals surface area (Å²) in [4.78, 5) is 11.1. The van der Waals surface area contributed by atoms with Crippen LogP contribution in [0, 0.1) is 0 Å². The summed E-state index contributed by atoms with van der Waals surface area (Å²) < 4.78 is 30.3. The zero-order valence-corrected chi connectivity index (χ0v) is 11.2. The predicted octanol–water partition coefficient (Wildman–Crippen LogP) is 1.15. The van der Waals surface area contributed by atoms with E-state index >= 15 is 0 Å². The van der Waals surface area contributed by atoms with Crippen molar-refractivity contribution in [2.45, 2.75) is 0 Å². The van der Waals surface area contributed by atoms with E-state index in [4.69, 9.17) is 4.74 Å². The summed E-state index contributed by atoms with van der Waals surface area (Å²) in [5, 5.41) is 2.62. The highest BCUT2D eigenvalue weighted by Gasteiger charge is 2.18. The van der Waals surface area contributed by atoms with Gasteiger partial charge in [-0.1, -0.05) is 0 Å². The third kappa shape index (κ3) is 2.89. The Morgan fingerprint density at radius 3 is 2.82 bits per heavy atom. The highest BCUT2D eigenvalue weighted by atomic mass is 79.9. The van der Waals surface area contributed by atoms with Gasteiger partial charge < -0.3 is 10.1 Å². The van der Waals surface area contributed by atoms with Gasteiger partial charge in [0, 0.05) is 10.5 Å². The van der Waals surface area contributed by atoms with Gasteiger partial charge in [0.15, 0.2) is 6.61 Å². The normalized spacial score (nSPS) is 14.6. The van der Waals surface area contributed by atoms with E-state index in [2.05, 4.69) is 26.0 Å². The van der Waals surface area contributed by atoms with E-state index in [0.29, 0.717) is 21.6 Å². The highest BCUT2D eigenvalue weighted by Crippen LogP contribution is 2.36. The minimum absolute atomic E-state index is 0.0764. The standard InChI is InChI=1S/C9H9BrN2O4S/c1-17(14,15)12-6-3-8-7(2-5(6)10)11-9(13)4-16-8/h2-3,12H,4H2,1H3,(H,11,13). The van der Waals surface area contributed by atoms with Crippen molar-refractivity contribution in [2.75, 3.05) is 22.9 Å². The quantitative estimate of drug-likeness (QED) is 0.856. The topological polar surface area (TPSA) is 84.5 Å². The molecule has 0 fully saturated rings. The lowest BCUT2D eigenvalue weighted by Crippen LogP contribution is -2.25. The molecule has 1 aliphatic rings. The van der Waals surface area contributed by atoms with Crippen molar-refractivity contribution in [2.24, 2.45) is 0 Å². The smallest absolute Gasteiger partial charge is 0.262 e. The molecule has 0 aliphatic carbocycles. The third-order valence-electron chi connectivity index (χ3n) is 2.00. The molecule has 1 aliphatic heterocycles. The highest BCUT2D eigenvalue weighted by molar-refractivity contribution is 9.10. The molecule has 0 saturated heterocycles. The van der Waals surface area contributed by atoms with Gasteiger partial charge >= 0.3 is 0 Å². The minimum Gasteiger partial charge on any atom is -0.482 e. The molecule has 0 saturated carbocycles. The molecule has 0 radical (unpaired) electrons. The van der Waals surface area contributed by atoms with E-state index in [0.717, 1.165) is 6.26 Å². The maximum absolute atomic E-state index is 11.1. The van der Waals surface area contributed by atoms with Crippen LogP contribution < -0.4 is 14.8 Å². The predicted molar refractivity (Wildman–Crippen MR) is 66.7 cm³/mol. The Morgan fingerprint density at radius 1 is 1.47 bits per heavy atom. The van der Waals surface area contributed by atoms with Crippen LogP contribution in [-0.2, 0) is 14.8 Å². The maximum atomic E-state index is 11.1. The second-order valence-corrected chi connectivity index (χ2v) is 6.14. The lowest BCUT2D eigenvalue weighted by molar-refractivity contribution is -0.118. The number of amides is 1. The van der Waals surface area contributed by atoms with Gasteiger partial charge in [-0.25, -0.2) is 8.42 Å². The molecule has 0 bridgehead atoms. The molecular formula is C9H9BrN2O4S. The summed E-state index contributed by atoms with van der Waals surface area (Å²) >= 11 is 3.21. The molecule has 8 heteroatoms. The fourth-order valence-electron chi connectivity index (χ4n) is 1.38. The number of anilines is 2. The Balaban J connectivity index is 2.41. The van der Waals surface area contributed by atoms with Gasteiger partial charge in [-0.15, -0.1) is 0 Å². The molecule has 0 aromatic heterocycles. The zero-order chi connectivity index (χ0) is 12.6. The number of carbonyl (C=O) groups is 1. The Hall–Kier alpha value is -1.28. The number of fused-ring (bicyclic) bond motifs is 1. The number of hydrogen-bond donors (Lipinski definition) is 2. The van der Waals surface area contributed by atoms with Crippen molar-refractivity contribution in [3.8, 4) is 5.75 Å². The molecule has 1 heterocycles. The number of sulfonamides is 1. The molecule has 17 heavy (non-hydrogen) atoms. The first-order valence-corrected chi connectivity index (χ1v) is 7.27. The number of rotatable bonds is 2. The molecule has 2 N–H and O–H groups in total. The summed E-state index contributed by atoms with van der Waals surface area (Å²) in [5.41, 5.74) is 0.870. The molecule has 1 aromatic rings. The first kappa shape index (κ1) is 12.2. The van der Waals surface area contributed by atoms with Crippen LogP contribution in [0.15, 0.2) is 16.6 Å². The number of nitrogens with one attached hydrogen (secondary N) is 2. The van der Waals surface area contributed by atoms with Crippen molar-refractivity contribution >= 4 is 43.2 Å². The maximum Gasteiger partial charge on any atom is 0.262 e. The van der Waals surface area contributed by atoms with E-state index in [1.54, 1.807) is 6.07 Å². The van der Waals surface area contributed by atoms with Gasteiger partial charge in [0.05, 0.1) is 17.6 Å². The fraction of sp³-hybridized carbons (Fsp3) is 0.222. The monoisotopic (exact) mass is 320 g/mol. The second-order valence-electron chi connectivity index (χ2n) is 3.54. The van der Waals surface area contributed by atoms with Gasteiger partial charge in [-0.2, -0.15) is 0 Å². The Bertz CT molecular complexity index is 585. The van der Waals surface area contributed by atoms with Crippen LogP contribution in [0.1, 0.15) is 0 Å². The first-order valence-electron chi connectivity index (χ1n) is 4.59. The summed E-state index contributed by atoms with van der Waals surface area (Å²) in [6.07, 6.45) is 1.06. The first-order chi connectivity index (χ1) is 7.85. The molecule has 0 atom stereocenters. The largest absolute Gasteiger partial charge is 0.482 e. The molecule has 1 aromatic carbocycles. The van der Waals surface area contributed by atoms with Crippen molar-refractivity contribution < 1.29 is 17.9 Å². The number of carbonyl (C=O) groups excluding carboxylic acids is 1. The number of hydrogen-bond acceptors (Lipinski definition) is 4. The summed E-state index contributed by atoms with van der Waals surface area (Å²) in [5.74, 6) is 0.187. The van der Waals surface area contributed by atoms with Gasteiger partial charge in [0.25, 0.3) is 5.91 Å². The van der Waals surface area contributed by atoms with Crippen LogP contribution in [-0.4, -0.2) is 27.2 Å². The van der Waals surface area contributed by atoms with Crippen molar-refractivity contribution in [1.29, 1.82) is 0 Å². The fourth-order valence-corrected chi connectivity index (χ4v) is 2.52. The number of halogens is 1. The molecule has 2 rings (SSSR count). The van der Waals surface area contributed by atoms with Crippen LogP contribution in [0.4, 0.5) is 11.4 Å². The van der Waals surface area contributed by atoms with Crippen LogP contribution >= 0.6 is 15.9 Å². The van der Waals surface area contributed by atoms with Gasteiger partial charge in [-0.3, -0.25) is 9.52 Å². The third-order valence-corrected chi connectivity index (χ3v) is 3.24. The Kier molecular flexibility index (Phi) is 3.00. The average molecular weight is 321 g/mol. The number of ether oxygens (including phenoxy) is 1.